The molecule has 5 heteroatoms. The SMILES string of the molecule is COc1ccc(CC(=O)N2CCC3(CCNCC3)C2)cc1OC. The third-order valence-electron chi connectivity index (χ3n) is 5.26. The van der Waals surface area contributed by atoms with E-state index in [-0.39, 0.29) is 5.91 Å². The Kier molecular flexibility index (Phi) is 4.76. The highest BCUT2D eigenvalue weighted by Crippen LogP contribution is 2.38. The lowest BCUT2D eigenvalue weighted by Crippen LogP contribution is -2.40. The minimum Gasteiger partial charge on any atom is -0.493 e. The maximum atomic E-state index is 12.6. The number of nitrogens with zero attached hydrogens (tertiary/aromatic N) is 1. The van der Waals surface area contributed by atoms with Gasteiger partial charge in [-0.05, 0) is 55.5 Å². The van der Waals surface area contributed by atoms with E-state index in [4.69, 9.17) is 9.47 Å². The Bertz CT molecular complexity index is 567. The average Bonchev–Trinajstić information content (AvgIpc) is 2.99. The third kappa shape index (κ3) is 3.44. The van der Waals surface area contributed by atoms with Gasteiger partial charge in [-0.1, -0.05) is 6.07 Å². The number of carbonyl (C=O) groups is 1. The number of hydrogen-bond donors (Lipinski definition) is 1. The second kappa shape index (κ2) is 6.79. The number of piperidine rings is 1. The van der Waals surface area contributed by atoms with E-state index < -0.39 is 0 Å². The standard InChI is InChI=1S/C18H26N2O3/c1-22-15-4-3-14(11-16(15)23-2)12-17(21)20-10-7-18(13-20)5-8-19-9-6-18/h3-4,11,19H,5-10,12-13H2,1-2H3. The number of amides is 1. The van der Waals surface area contributed by atoms with Crippen LogP contribution in [0.5, 0.6) is 11.5 Å². The summed E-state index contributed by atoms with van der Waals surface area (Å²) in [6.45, 7) is 3.97. The Morgan fingerprint density at radius 3 is 2.61 bits per heavy atom. The van der Waals surface area contributed by atoms with E-state index in [1.165, 1.54) is 12.8 Å². The number of likely N-dealkylation sites (tertiary alicyclic amines) is 1. The largest absolute Gasteiger partial charge is 0.493 e. The fourth-order valence-corrected chi connectivity index (χ4v) is 3.79. The smallest absolute Gasteiger partial charge is 0.227 e. The van der Waals surface area contributed by atoms with Gasteiger partial charge in [-0.2, -0.15) is 0 Å². The van der Waals surface area contributed by atoms with Crippen LogP contribution in [-0.2, 0) is 11.2 Å². The lowest BCUT2D eigenvalue weighted by Gasteiger charge is -2.33. The van der Waals surface area contributed by atoms with Crippen molar-refractivity contribution in [2.45, 2.75) is 25.7 Å². The van der Waals surface area contributed by atoms with Gasteiger partial charge in [0.1, 0.15) is 0 Å². The van der Waals surface area contributed by atoms with Gasteiger partial charge in [0.15, 0.2) is 11.5 Å². The number of rotatable bonds is 4. The molecule has 0 aliphatic carbocycles. The van der Waals surface area contributed by atoms with E-state index in [0.717, 1.165) is 38.2 Å². The number of benzene rings is 1. The van der Waals surface area contributed by atoms with Crippen LogP contribution in [0, 0.1) is 5.41 Å². The fraction of sp³-hybridized carbons (Fsp3) is 0.611. The van der Waals surface area contributed by atoms with Crippen molar-refractivity contribution in [3.05, 3.63) is 23.8 Å². The van der Waals surface area contributed by atoms with E-state index in [0.29, 0.717) is 23.3 Å². The van der Waals surface area contributed by atoms with Crippen molar-refractivity contribution >= 4 is 5.91 Å². The zero-order valence-electron chi connectivity index (χ0n) is 14.1. The predicted octanol–water partition coefficient (Wildman–Crippen LogP) is 1.85. The monoisotopic (exact) mass is 318 g/mol. The van der Waals surface area contributed by atoms with Crippen LogP contribution in [0.2, 0.25) is 0 Å². The molecule has 3 rings (SSSR count). The molecular weight excluding hydrogens is 292 g/mol. The zero-order valence-corrected chi connectivity index (χ0v) is 14.1. The molecule has 2 saturated heterocycles. The van der Waals surface area contributed by atoms with Crippen molar-refractivity contribution in [2.75, 3.05) is 40.4 Å². The number of nitrogens with one attached hydrogen (secondary N) is 1. The van der Waals surface area contributed by atoms with Gasteiger partial charge in [0.25, 0.3) is 0 Å². The first-order chi connectivity index (χ1) is 11.2. The molecular formula is C18H26N2O3. The number of hydrogen-bond acceptors (Lipinski definition) is 4. The van der Waals surface area contributed by atoms with Crippen LogP contribution in [0.1, 0.15) is 24.8 Å². The maximum absolute atomic E-state index is 12.6. The summed E-state index contributed by atoms with van der Waals surface area (Å²) in [5.74, 6) is 1.58. The minimum atomic E-state index is 0.215. The van der Waals surface area contributed by atoms with Gasteiger partial charge in [-0.25, -0.2) is 0 Å². The van der Waals surface area contributed by atoms with Gasteiger partial charge in [0, 0.05) is 13.1 Å². The Hall–Kier alpha value is -1.75. The highest BCUT2D eigenvalue weighted by Gasteiger charge is 2.40. The summed E-state index contributed by atoms with van der Waals surface area (Å²) in [6.07, 6.45) is 3.95. The van der Waals surface area contributed by atoms with Crippen LogP contribution in [0.25, 0.3) is 0 Å². The molecule has 1 aromatic carbocycles. The summed E-state index contributed by atoms with van der Waals surface area (Å²) in [4.78, 5) is 14.7. The van der Waals surface area contributed by atoms with E-state index in [9.17, 15) is 4.79 Å². The molecule has 0 bridgehead atoms. The Labute approximate surface area is 137 Å². The normalized spacial score (nSPS) is 19.8. The fourth-order valence-electron chi connectivity index (χ4n) is 3.79. The zero-order chi connectivity index (χ0) is 16.3. The van der Waals surface area contributed by atoms with Crippen LogP contribution in [0.15, 0.2) is 18.2 Å². The Balaban J connectivity index is 1.63. The second-order valence-corrected chi connectivity index (χ2v) is 6.68. The Morgan fingerprint density at radius 1 is 1.17 bits per heavy atom. The van der Waals surface area contributed by atoms with Crippen molar-refractivity contribution in [3.63, 3.8) is 0 Å². The third-order valence-corrected chi connectivity index (χ3v) is 5.26. The predicted molar refractivity (Wildman–Crippen MR) is 89.0 cm³/mol. The highest BCUT2D eigenvalue weighted by molar-refractivity contribution is 5.79. The number of methoxy groups -OCH3 is 2. The van der Waals surface area contributed by atoms with E-state index >= 15 is 0 Å². The molecule has 5 nitrogen and oxygen atoms in total. The molecule has 1 spiro atoms. The molecule has 2 fully saturated rings. The van der Waals surface area contributed by atoms with Crippen molar-refractivity contribution in [3.8, 4) is 11.5 Å². The van der Waals surface area contributed by atoms with E-state index in [2.05, 4.69) is 5.32 Å². The van der Waals surface area contributed by atoms with Crippen molar-refractivity contribution in [1.29, 1.82) is 0 Å². The molecule has 126 valence electrons. The molecule has 0 radical (unpaired) electrons. The van der Waals surface area contributed by atoms with Gasteiger partial charge in [0.2, 0.25) is 5.91 Å². The summed E-state index contributed by atoms with van der Waals surface area (Å²) in [5.41, 5.74) is 1.33. The lowest BCUT2D eigenvalue weighted by atomic mass is 9.78. The van der Waals surface area contributed by atoms with Crippen molar-refractivity contribution in [1.82, 2.24) is 10.2 Å². The molecule has 0 unspecified atom stereocenters. The summed E-state index contributed by atoms with van der Waals surface area (Å²) < 4.78 is 10.6. The molecule has 0 aromatic heterocycles. The van der Waals surface area contributed by atoms with Crippen LogP contribution in [0.4, 0.5) is 0 Å². The topological polar surface area (TPSA) is 50.8 Å². The van der Waals surface area contributed by atoms with E-state index in [1.807, 2.05) is 23.1 Å². The van der Waals surface area contributed by atoms with Gasteiger partial charge in [-0.15, -0.1) is 0 Å². The van der Waals surface area contributed by atoms with Crippen molar-refractivity contribution in [2.24, 2.45) is 5.41 Å². The van der Waals surface area contributed by atoms with Crippen LogP contribution in [-0.4, -0.2) is 51.2 Å². The van der Waals surface area contributed by atoms with Gasteiger partial charge < -0.3 is 19.7 Å². The van der Waals surface area contributed by atoms with Crippen molar-refractivity contribution < 1.29 is 14.3 Å². The summed E-state index contributed by atoms with van der Waals surface area (Å²) in [7, 11) is 3.23. The number of carbonyl (C=O) groups excluding carboxylic acids is 1. The molecule has 2 aliphatic rings. The van der Waals surface area contributed by atoms with Crippen LogP contribution >= 0.6 is 0 Å². The molecule has 2 heterocycles. The first-order valence-electron chi connectivity index (χ1n) is 8.35. The maximum Gasteiger partial charge on any atom is 0.227 e. The van der Waals surface area contributed by atoms with Crippen LogP contribution in [0.3, 0.4) is 0 Å². The molecule has 0 saturated carbocycles. The van der Waals surface area contributed by atoms with Gasteiger partial charge >= 0.3 is 0 Å². The van der Waals surface area contributed by atoms with Gasteiger partial charge in [0.05, 0.1) is 20.6 Å². The summed E-state index contributed by atoms with van der Waals surface area (Å²) in [5, 5.41) is 3.41. The molecule has 1 amide bonds. The lowest BCUT2D eigenvalue weighted by molar-refractivity contribution is -0.129. The Morgan fingerprint density at radius 2 is 1.91 bits per heavy atom. The van der Waals surface area contributed by atoms with Crippen LogP contribution < -0.4 is 14.8 Å². The molecule has 1 aromatic rings. The quantitative estimate of drug-likeness (QED) is 0.920. The van der Waals surface area contributed by atoms with E-state index in [1.54, 1.807) is 14.2 Å². The first kappa shape index (κ1) is 16.1. The minimum absolute atomic E-state index is 0.215. The second-order valence-electron chi connectivity index (χ2n) is 6.68. The first-order valence-corrected chi connectivity index (χ1v) is 8.35. The van der Waals surface area contributed by atoms with Gasteiger partial charge in [-0.3, -0.25) is 4.79 Å². The molecule has 1 N–H and O–H groups in total. The molecule has 0 atom stereocenters. The molecule has 23 heavy (non-hydrogen) atoms. The number of ether oxygens (including phenoxy) is 2. The molecule has 2 aliphatic heterocycles. The summed E-state index contributed by atoms with van der Waals surface area (Å²) in [6, 6.07) is 5.70. The summed E-state index contributed by atoms with van der Waals surface area (Å²) >= 11 is 0. The highest BCUT2D eigenvalue weighted by atomic mass is 16.5. The average molecular weight is 318 g/mol.